The van der Waals surface area contributed by atoms with E-state index in [9.17, 15) is 9.59 Å². The third-order valence-corrected chi connectivity index (χ3v) is 1.22. The highest BCUT2D eigenvalue weighted by atomic mass is 16.6. The van der Waals surface area contributed by atoms with Gasteiger partial charge in [0.2, 0.25) is 0 Å². The Morgan fingerprint density at radius 1 is 1.40 bits per heavy atom. The van der Waals surface area contributed by atoms with Crippen LogP contribution in [0.3, 0.4) is 0 Å². The number of nitrogens with two attached hydrogens (primary N) is 1. The number of carbonyl (C=O) groups is 2. The summed E-state index contributed by atoms with van der Waals surface area (Å²) in [5.41, 5.74) is 8.54. The van der Waals surface area contributed by atoms with E-state index in [1.165, 1.54) is 0 Å². The summed E-state index contributed by atoms with van der Waals surface area (Å²) in [5, 5.41) is 8.53. The van der Waals surface area contributed by atoms with Crippen LogP contribution in [0, 0.1) is 0 Å². The van der Waals surface area contributed by atoms with Gasteiger partial charge in [0, 0.05) is 0 Å². The van der Waals surface area contributed by atoms with Gasteiger partial charge in [-0.05, 0) is 20.8 Å². The van der Waals surface area contributed by atoms with Crippen LogP contribution in [-0.4, -0.2) is 35.4 Å². The Morgan fingerprint density at radius 2 is 1.93 bits per heavy atom. The van der Waals surface area contributed by atoms with Gasteiger partial charge in [-0.25, -0.2) is 10.2 Å². The number of hydrogen-bond donors (Lipinski definition) is 4. The molecule has 0 saturated heterocycles. The van der Waals surface area contributed by atoms with Gasteiger partial charge in [-0.2, -0.15) is 0 Å². The quantitative estimate of drug-likeness (QED) is 0.438. The van der Waals surface area contributed by atoms with Crippen LogP contribution in [0.2, 0.25) is 0 Å². The number of rotatable bonds is 2. The number of aliphatic hydroxyl groups is 1. The first-order valence-electron chi connectivity index (χ1n) is 4.41. The molecule has 0 aliphatic heterocycles. The van der Waals surface area contributed by atoms with Crippen molar-refractivity contribution in [2.45, 2.75) is 32.4 Å². The average Bonchev–Trinajstić information content (AvgIpc) is 2.10. The maximum atomic E-state index is 11.0. The molecule has 0 aliphatic rings. The molecular formula is C8H17N3O4. The molecule has 0 aromatic rings. The lowest BCUT2D eigenvalue weighted by atomic mass is 10.2. The Hall–Kier alpha value is -1.34. The fourth-order valence-corrected chi connectivity index (χ4v) is 0.592. The van der Waals surface area contributed by atoms with Crippen LogP contribution in [0.5, 0.6) is 0 Å². The van der Waals surface area contributed by atoms with Crippen molar-refractivity contribution in [1.29, 1.82) is 0 Å². The molecule has 0 rings (SSSR count). The fraction of sp³-hybridized carbons (Fsp3) is 0.750. The summed E-state index contributed by atoms with van der Waals surface area (Å²) in [6, 6.07) is -1.07. The van der Waals surface area contributed by atoms with Gasteiger partial charge < -0.3 is 15.6 Å². The zero-order valence-electron chi connectivity index (χ0n) is 9.03. The Labute approximate surface area is 87.9 Å². The molecule has 0 heterocycles. The van der Waals surface area contributed by atoms with E-state index >= 15 is 0 Å². The largest absolute Gasteiger partial charge is 0.443 e. The van der Waals surface area contributed by atoms with Crippen molar-refractivity contribution in [3.05, 3.63) is 0 Å². The minimum Gasteiger partial charge on any atom is -0.443 e. The van der Waals surface area contributed by atoms with E-state index in [4.69, 9.17) is 15.6 Å². The highest BCUT2D eigenvalue weighted by molar-refractivity contribution is 5.83. The smallest absolute Gasteiger partial charge is 0.426 e. The molecule has 2 amide bonds. The number of amides is 2. The summed E-state index contributed by atoms with van der Waals surface area (Å²) in [7, 11) is 0. The lowest BCUT2D eigenvalue weighted by molar-refractivity contribution is -0.124. The first-order valence-corrected chi connectivity index (χ1v) is 4.41. The molecule has 0 saturated carbocycles. The number of aliphatic hydroxyl groups excluding tert-OH is 1. The Bertz CT molecular complexity index is 237. The van der Waals surface area contributed by atoms with Gasteiger partial charge in [0.25, 0.3) is 5.91 Å². The van der Waals surface area contributed by atoms with E-state index in [1.54, 1.807) is 20.8 Å². The van der Waals surface area contributed by atoms with Crippen LogP contribution >= 0.6 is 0 Å². The molecule has 1 atom stereocenters. The van der Waals surface area contributed by atoms with Crippen molar-refractivity contribution >= 4 is 12.0 Å². The van der Waals surface area contributed by atoms with E-state index < -0.39 is 30.3 Å². The van der Waals surface area contributed by atoms with Crippen molar-refractivity contribution in [3.63, 3.8) is 0 Å². The van der Waals surface area contributed by atoms with Crippen molar-refractivity contribution < 1.29 is 19.4 Å². The van der Waals surface area contributed by atoms with E-state index in [0.29, 0.717) is 0 Å². The second-order valence-corrected chi connectivity index (χ2v) is 3.91. The zero-order chi connectivity index (χ0) is 12.1. The summed E-state index contributed by atoms with van der Waals surface area (Å²) in [6.45, 7) is 4.57. The molecule has 7 nitrogen and oxygen atoms in total. The van der Waals surface area contributed by atoms with Gasteiger partial charge >= 0.3 is 6.09 Å². The normalized spacial score (nSPS) is 12.9. The standard InChI is InChI=1S/C8H17N3O4/c1-8(2,3)15-7(14)11-10-6(13)5(9)4-12/h5,12H,4,9H2,1-3H3,(H,10,13)(H,11,14). The summed E-state index contributed by atoms with van der Waals surface area (Å²) >= 11 is 0. The summed E-state index contributed by atoms with van der Waals surface area (Å²) in [5.74, 6) is -0.691. The van der Waals surface area contributed by atoms with Gasteiger partial charge in [-0.1, -0.05) is 0 Å². The van der Waals surface area contributed by atoms with Gasteiger partial charge in [0.05, 0.1) is 6.61 Å². The number of ether oxygens (including phenoxy) is 1. The van der Waals surface area contributed by atoms with Crippen LogP contribution < -0.4 is 16.6 Å². The highest BCUT2D eigenvalue weighted by Crippen LogP contribution is 2.05. The van der Waals surface area contributed by atoms with Crippen LogP contribution in [0.15, 0.2) is 0 Å². The molecule has 88 valence electrons. The number of carbonyl (C=O) groups excluding carboxylic acids is 2. The topological polar surface area (TPSA) is 114 Å². The van der Waals surface area contributed by atoms with Crippen LogP contribution in [0.4, 0.5) is 4.79 Å². The molecule has 0 aromatic heterocycles. The minimum atomic E-state index is -1.07. The lowest BCUT2D eigenvalue weighted by Crippen LogP contribution is -2.51. The van der Waals surface area contributed by atoms with Gasteiger partial charge in [0.1, 0.15) is 11.6 Å². The third-order valence-electron chi connectivity index (χ3n) is 1.22. The van der Waals surface area contributed by atoms with Gasteiger partial charge in [-0.15, -0.1) is 0 Å². The monoisotopic (exact) mass is 219 g/mol. The number of nitrogens with one attached hydrogen (secondary N) is 2. The van der Waals surface area contributed by atoms with Crippen molar-refractivity contribution in [2.24, 2.45) is 5.73 Å². The fourth-order valence-electron chi connectivity index (χ4n) is 0.592. The first kappa shape index (κ1) is 13.7. The molecule has 5 N–H and O–H groups in total. The molecule has 0 fully saturated rings. The summed E-state index contributed by atoms with van der Waals surface area (Å²) in [4.78, 5) is 22.0. The molecule has 0 bridgehead atoms. The van der Waals surface area contributed by atoms with Crippen molar-refractivity contribution in [2.75, 3.05) is 6.61 Å². The molecule has 0 aliphatic carbocycles. The maximum absolute atomic E-state index is 11.0. The third kappa shape index (κ3) is 6.69. The summed E-state index contributed by atoms with van der Waals surface area (Å²) < 4.78 is 4.83. The zero-order valence-corrected chi connectivity index (χ0v) is 9.03. The van der Waals surface area contributed by atoms with Crippen LogP contribution in [-0.2, 0) is 9.53 Å². The average molecular weight is 219 g/mol. The SMILES string of the molecule is CC(C)(C)OC(=O)NNC(=O)C(N)CO. The Balaban J connectivity index is 3.87. The molecule has 15 heavy (non-hydrogen) atoms. The molecule has 0 aromatic carbocycles. The van der Waals surface area contributed by atoms with E-state index in [2.05, 4.69) is 0 Å². The predicted molar refractivity (Wildman–Crippen MR) is 52.6 cm³/mol. The second-order valence-electron chi connectivity index (χ2n) is 3.91. The predicted octanol–water partition coefficient (Wildman–Crippen LogP) is -1.14. The Kier molecular flexibility index (Phi) is 5.03. The van der Waals surface area contributed by atoms with Gasteiger partial charge in [-0.3, -0.25) is 10.2 Å². The van der Waals surface area contributed by atoms with Crippen LogP contribution in [0.25, 0.3) is 0 Å². The van der Waals surface area contributed by atoms with E-state index in [1.807, 2.05) is 10.9 Å². The maximum Gasteiger partial charge on any atom is 0.426 e. The van der Waals surface area contributed by atoms with Crippen LogP contribution in [0.1, 0.15) is 20.8 Å². The van der Waals surface area contributed by atoms with E-state index in [-0.39, 0.29) is 0 Å². The van der Waals surface area contributed by atoms with Crippen molar-refractivity contribution in [1.82, 2.24) is 10.9 Å². The molecule has 0 radical (unpaired) electrons. The van der Waals surface area contributed by atoms with Crippen molar-refractivity contribution in [3.8, 4) is 0 Å². The molecule has 0 spiro atoms. The molecule has 1 unspecified atom stereocenters. The number of hydrogen-bond acceptors (Lipinski definition) is 5. The van der Waals surface area contributed by atoms with Gasteiger partial charge in [0.15, 0.2) is 0 Å². The lowest BCUT2D eigenvalue weighted by Gasteiger charge is -2.20. The highest BCUT2D eigenvalue weighted by Gasteiger charge is 2.17. The second kappa shape index (κ2) is 5.52. The van der Waals surface area contributed by atoms with E-state index in [0.717, 1.165) is 0 Å². The first-order chi connectivity index (χ1) is 6.76. The minimum absolute atomic E-state index is 0.498. The Morgan fingerprint density at radius 3 is 2.33 bits per heavy atom. The molecular weight excluding hydrogens is 202 g/mol. The number of hydrazine groups is 1. The molecule has 7 heteroatoms. The summed E-state index contributed by atoms with van der Waals surface area (Å²) in [6.07, 6.45) is -0.791.